The summed E-state index contributed by atoms with van der Waals surface area (Å²) in [5.41, 5.74) is 0.599. The van der Waals surface area contributed by atoms with Crippen molar-refractivity contribution < 1.29 is 22.7 Å². The molecular weight excluding hydrogens is 337 g/mol. The summed E-state index contributed by atoms with van der Waals surface area (Å²) in [6.45, 7) is 1.83. The van der Waals surface area contributed by atoms with Crippen LogP contribution in [-0.2, 0) is 0 Å². The summed E-state index contributed by atoms with van der Waals surface area (Å²) < 4.78 is 40.1. The van der Waals surface area contributed by atoms with E-state index in [9.17, 15) is 18.0 Å². The first kappa shape index (κ1) is 17.0. The molecule has 1 amide bonds. The molecule has 25 heavy (non-hydrogen) atoms. The number of hydrogen-bond acceptors (Lipinski definition) is 5. The van der Waals surface area contributed by atoms with Crippen LogP contribution in [0.3, 0.4) is 0 Å². The number of nitrogens with zero attached hydrogens (tertiary/aromatic N) is 3. The molecule has 3 rings (SSSR count). The lowest BCUT2D eigenvalue weighted by Crippen LogP contribution is -2.20. The lowest BCUT2D eigenvalue weighted by molar-refractivity contribution is -0.274. The Morgan fingerprint density at radius 1 is 1.08 bits per heavy atom. The van der Waals surface area contributed by atoms with Crippen molar-refractivity contribution in [1.29, 1.82) is 0 Å². The van der Waals surface area contributed by atoms with Crippen LogP contribution in [0.2, 0.25) is 0 Å². The topological polar surface area (TPSA) is 67.4 Å². The second kappa shape index (κ2) is 6.96. The number of amides is 1. The first-order valence-electron chi connectivity index (χ1n) is 7.65. The monoisotopic (exact) mass is 352 g/mol. The molecule has 0 bridgehead atoms. The van der Waals surface area contributed by atoms with Gasteiger partial charge in [0.2, 0.25) is 5.95 Å². The summed E-state index contributed by atoms with van der Waals surface area (Å²) in [7, 11) is 0. The molecule has 1 aromatic heterocycles. The quantitative estimate of drug-likeness (QED) is 0.915. The third kappa shape index (κ3) is 4.59. The van der Waals surface area contributed by atoms with Crippen LogP contribution in [0.15, 0.2) is 36.7 Å². The maximum absolute atomic E-state index is 12.1. The van der Waals surface area contributed by atoms with Gasteiger partial charge in [0.25, 0.3) is 5.91 Å². The number of aromatic nitrogens is 2. The van der Waals surface area contributed by atoms with Crippen LogP contribution >= 0.6 is 0 Å². The Morgan fingerprint density at radius 2 is 1.68 bits per heavy atom. The zero-order valence-electron chi connectivity index (χ0n) is 13.1. The van der Waals surface area contributed by atoms with Crippen molar-refractivity contribution in [2.45, 2.75) is 19.2 Å². The van der Waals surface area contributed by atoms with Crippen molar-refractivity contribution in [1.82, 2.24) is 9.97 Å². The van der Waals surface area contributed by atoms with E-state index in [0.29, 0.717) is 11.6 Å². The van der Waals surface area contributed by atoms with E-state index in [4.69, 9.17) is 0 Å². The average molecular weight is 352 g/mol. The van der Waals surface area contributed by atoms with Crippen molar-refractivity contribution in [2.75, 3.05) is 23.3 Å². The second-order valence-corrected chi connectivity index (χ2v) is 5.49. The van der Waals surface area contributed by atoms with Crippen LogP contribution in [-0.4, -0.2) is 35.3 Å². The predicted molar refractivity (Wildman–Crippen MR) is 84.6 cm³/mol. The minimum Gasteiger partial charge on any atom is -0.406 e. The average Bonchev–Trinajstić information content (AvgIpc) is 3.09. The van der Waals surface area contributed by atoms with E-state index in [-0.39, 0.29) is 11.3 Å². The standard InChI is InChI=1S/C16H15F3N4O2/c17-16(18,19)25-13-5-3-11(4-6-13)14(24)22-12-9-20-15(21-10-12)23-7-1-2-8-23/h3-6,9-10H,1-2,7-8H2,(H,22,24). The molecule has 0 radical (unpaired) electrons. The number of halogens is 3. The summed E-state index contributed by atoms with van der Waals surface area (Å²) >= 11 is 0. The van der Waals surface area contributed by atoms with Gasteiger partial charge in [0.15, 0.2) is 0 Å². The molecule has 1 N–H and O–H groups in total. The van der Waals surface area contributed by atoms with Crippen molar-refractivity contribution in [3.63, 3.8) is 0 Å². The first-order valence-corrected chi connectivity index (χ1v) is 7.65. The fraction of sp³-hybridized carbons (Fsp3) is 0.312. The van der Waals surface area contributed by atoms with E-state index in [1.807, 2.05) is 0 Å². The van der Waals surface area contributed by atoms with E-state index < -0.39 is 12.3 Å². The molecule has 1 aliphatic rings. The van der Waals surface area contributed by atoms with Crippen LogP contribution in [0.4, 0.5) is 24.8 Å². The van der Waals surface area contributed by atoms with Crippen LogP contribution in [0, 0.1) is 0 Å². The lowest BCUT2D eigenvalue weighted by atomic mass is 10.2. The van der Waals surface area contributed by atoms with E-state index in [2.05, 4.69) is 24.9 Å². The minimum absolute atomic E-state index is 0.193. The van der Waals surface area contributed by atoms with Crippen molar-refractivity contribution in [3.8, 4) is 5.75 Å². The van der Waals surface area contributed by atoms with Gasteiger partial charge in [0, 0.05) is 18.7 Å². The van der Waals surface area contributed by atoms with E-state index in [1.54, 1.807) is 0 Å². The molecule has 0 spiro atoms. The summed E-state index contributed by atoms with van der Waals surface area (Å²) in [6, 6.07) is 4.65. The van der Waals surface area contributed by atoms with Gasteiger partial charge in [-0.3, -0.25) is 4.79 Å². The number of anilines is 2. The Kier molecular flexibility index (Phi) is 4.73. The summed E-state index contributed by atoms with van der Waals surface area (Å²) in [4.78, 5) is 22.6. The number of benzene rings is 1. The van der Waals surface area contributed by atoms with Gasteiger partial charge in [-0.15, -0.1) is 13.2 Å². The van der Waals surface area contributed by atoms with Crippen LogP contribution < -0.4 is 15.0 Å². The normalized spacial score (nSPS) is 14.4. The Hall–Kier alpha value is -2.84. The fourth-order valence-corrected chi connectivity index (χ4v) is 2.48. The Bertz CT molecular complexity index is 727. The van der Waals surface area contributed by atoms with Gasteiger partial charge in [0.1, 0.15) is 5.75 Å². The van der Waals surface area contributed by atoms with Gasteiger partial charge < -0.3 is 15.0 Å². The maximum Gasteiger partial charge on any atom is 0.573 e. The number of carbonyl (C=O) groups excluding carboxylic acids is 1. The smallest absolute Gasteiger partial charge is 0.406 e. The number of alkyl halides is 3. The van der Waals surface area contributed by atoms with Gasteiger partial charge in [-0.25, -0.2) is 9.97 Å². The molecule has 0 saturated carbocycles. The molecule has 9 heteroatoms. The second-order valence-electron chi connectivity index (χ2n) is 5.49. The minimum atomic E-state index is -4.77. The van der Waals surface area contributed by atoms with Crippen LogP contribution in [0.25, 0.3) is 0 Å². The molecule has 0 atom stereocenters. The largest absolute Gasteiger partial charge is 0.573 e. The molecule has 132 valence electrons. The zero-order valence-corrected chi connectivity index (χ0v) is 13.1. The fourth-order valence-electron chi connectivity index (χ4n) is 2.48. The molecule has 1 aliphatic heterocycles. The molecular formula is C16H15F3N4O2. The molecule has 1 fully saturated rings. The number of hydrogen-bond donors (Lipinski definition) is 1. The Labute approximate surface area is 141 Å². The van der Waals surface area contributed by atoms with E-state index in [1.165, 1.54) is 24.5 Å². The van der Waals surface area contributed by atoms with Crippen molar-refractivity contribution >= 4 is 17.5 Å². The SMILES string of the molecule is O=C(Nc1cnc(N2CCCC2)nc1)c1ccc(OC(F)(F)F)cc1. The van der Waals surface area contributed by atoms with E-state index in [0.717, 1.165) is 38.1 Å². The van der Waals surface area contributed by atoms with Crippen LogP contribution in [0.5, 0.6) is 5.75 Å². The van der Waals surface area contributed by atoms with Gasteiger partial charge in [-0.05, 0) is 37.1 Å². The van der Waals surface area contributed by atoms with E-state index >= 15 is 0 Å². The van der Waals surface area contributed by atoms with Gasteiger partial charge in [-0.2, -0.15) is 0 Å². The Morgan fingerprint density at radius 3 is 2.24 bits per heavy atom. The highest BCUT2D eigenvalue weighted by Crippen LogP contribution is 2.23. The predicted octanol–water partition coefficient (Wildman–Crippen LogP) is 3.23. The molecule has 1 aromatic carbocycles. The number of carbonyl (C=O) groups is 1. The number of nitrogens with one attached hydrogen (secondary N) is 1. The molecule has 0 aliphatic carbocycles. The molecule has 2 heterocycles. The molecule has 0 unspecified atom stereocenters. The zero-order chi connectivity index (χ0) is 17.9. The first-order chi connectivity index (χ1) is 11.9. The van der Waals surface area contributed by atoms with Crippen molar-refractivity contribution in [2.24, 2.45) is 0 Å². The summed E-state index contributed by atoms with van der Waals surface area (Å²) in [6.07, 6.45) is 0.448. The summed E-state index contributed by atoms with van der Waals surface area (Å²) in [5.74, 6) is -0.248. The van der Waals surface area contributed by atoms with Gasteiger partial charge in [-0.1, -0.05) is 0 Å². The third-order valence-electron chi connectivity index (χ3n) is 3.64. The highest BCUT2D eigenvalue weighted by Gasteiger charge is 2.31. The maximum atomic E-state index is 12.1. The molecule has 6 nitrogen and oxygen atoms in total. The Balaban J connectivity index is 1.61. The molecule has 2 aromatic rings. The van der Waals surface area contributed by atoms with Gasteiger partial charge in [0.05, 0.1) is 18.1 Å². The highest BCUT2D eigenvalue weighted by atomic mass is 19.4. The molecule has 1 saturated heterocycles. The highest BCUT2D eigenvalue weighted by molar-refractivity contribution is 6.04. The third-order valence-corrected chi connectivity index (χ3v) is 3.64. The number of rotatable bonds is 4. The summed E-state index contributed by atoms with van der Waals surface area (Å²) in [5, 5.41) is 2.60. The number of ether oxygens (including phenoxy) is 1. The van der Waals surface area contributed by atoms with Crippen LogP contribution in [0.1, 0.15) is 23.2 Å². The van der Waals surface area contributed by atoms with Gasteiger partial charge >= 0.3 is 6.36 Å². The lowest BCUT2D eigenvalue weighted by Gasteiger charge is -2.14. The van der Waals surface area contributed by atoms with Crippen molar-refractivity contribution in [3.05, 3.63) is 42.2 Å².